The van der Waals surface area contributed by atoms with Gasteiger partial charge in [0.25, 0.3) is 0 Å². The van der Waals surface area contributed by atoms with Gasteiger partial charge >= 0.3 is 0 Å². The summed E-state index contributed by atoms with van der Waals surface area (Å²) in [7, 11) is -0.119. The maximum absolute atomic E-state index is 3.81. The zero-order chi connectivity index (χ0) is 11.7. The van der Waals surface area contributed by atoms with Crippen LogP contribution in [0, 0.1) is 0 Å². The average molecular weight is 228 g/mol. The number of allylic oxidation sites excluding steroid dienone is 1. The fourth-order valence-electron chi connectivity index (χ4n) is 1.42. The Labute approximate surface area is 97.7 Å². The smallest absolute Gasteiger partial charge is 0.0624 e. The van der Waals surface area contributed by atoms with Gasteiger partial charge in [-0.3, -0.25) is 0 Å². The Hall–Kier alpha value is -0.123. The van der Waals surface area contributed by atoms with Crippen molar-refractivity contribution >= 4 is 9.52 Å². The van der Waals surface area contributed by atoms with Gasteiger partial charge in [-0.15, -0.1) is 6.58 Å². The van der Waals surface area contributed by atoms with Crippen molar-refractivity contribution in [1.29, 1.82) is 0 Å². The minimum atomic E-state index is -0.119. The minimum absolute atomic E-state index is 0.119. The van der Waals surface area contributed by atoms with Crippen molar-refractivity contribution in [3.8, 4) is 0 Å². The molecule has 2 nitrogen and oxygen atoms in total. The van der Waals surface area contributed by atoms with E-state index in [0.29, 0.717) is 17.9 Å². The van der Waals surface area contributed by atoms with Crippen molar-refractivity contribution in [1.82, 2.24) is 10.6 Å². The van der Waals surface area contributed by atoms with E-state index in [9.17, 15) is 0 Å². The van der Waals surface area contributed by atoms with E-state index in [1.807, 2.05) is 0 Å². The SMILES string of the molecule is C=CC[SiH2]C(NC(C)CC)NC(C)CC. The molecule has 0 aromatic heterocycles. The first-order valence-electron chi connectivity index (χ1n) is 6.26. The number of nitrogens with one attached hydrogen (secondary N) is 2. The summed E-state index contributed by atoms with van der Waals surface area (Å²) in [5, 5.41) is 7.34. The first-order chi connectivity index (χ1) is 7.13. The Morgan fingerprint density at radius 3 is 1.93 bits per heavy atom. The second-order valence-electron chi connectivity index (χ2n) is 4.37. The molecule has 0 saturated heterocycles. The Balaban J connectivity index is 3.98. The molecular weight excluding hydrogens is 200 g/mol. The summed E-state index contributed by atoms with van der Waals surface area (Å²) in [6.07, 6.45) is 4.44. The fourth-order valence-corrected chi connectivity index (χ4v) is 3.13. The topological polar surface area (TPSA) is 24.1 Å². The third-order valence-corrected chi connectivity index (χ3v) is 4.65. The number of hydrogen-bond acceptors (Lipinski definition) is 2. The van der Waals surface area contributed by atoms with E-state index in [0.717, 1.165) is 0 Å². The third kappa shape index (κ3) is 7.77. The molecule has 0 radical (unpaired) electrons. The molecule has 0 aliphatic carbocycles. The molecule has 2 atom stereocenters. The lowest BCUT2D eigenvalue weighted by molar-refractivity contribution is 0.411. The molecule has 3 heteroatoms. The van der Waals surface area contributed by atoms with Crippen LogP contribution in [0.2, 0.25) is 6.04 Å². The summed E-state index contributed by atoms with van der Waals surface area (Å²) in [4.78, 5) is 0. The molecule has 2 unspecified atom stereocenters. The van der Waals surface area contributed by atoms with Crippen molar-refractivity contribution < 1.29 is 0 Å². The summed E-state index contributed by atoms with van der Waals surface area (Å²) in [5.41, 5.74) is 0. The number of rotatable bonds is 9. The maximum Gasteiger partial charge on any atom is 0.0624 e. The molecule has 0 aliphatic rings. The standard InChI is InChI=1S/C12H28N2Si/c1-6-9-15-12(13-10(4)7-2)14-11(5)8-3/h6,10-14H,1,7-9,15H2,2-5H3. The summed E-state index contributed by atoms with van der Waals surface area (Å²) in [5.74, 6) is 0.563. The molecule has 15 heavy (non-hydrogen) atoms. The van der Waals surface area contributed by atoms with E-state index < -0.39 is 0 Å². The Morgan fingerprint density at radius 2 is 1.60 bits per heavy atom. The summed E-state index contributed by atoms with van der Waals surface area (Å²) in [6, 6.07) is 2.44. The van der Waals surface area contributed by atoms with Crippen LogP contribution in [0.4, 0.5) is 0 Å². The molecule has 0 amide bonds. The van der Waals surface area contributed by atoms with E-state index >= 15 is 0 Å². The van der Waals surface area contributed by atoms with Gasteiger partial charge < -0.3 is 10.6 Å². The van der Waals surface area contributed by atoms with Gasteiger partial charge in [0.15, 0.2) is 0 Å². The second-order valence-corrected chi connectivity index (χ2v) is 6.34. The third-order valence-electron chi connectivity index (χ3n) is 2.86. The van der Waals surface area contributed by atoms with Gasteiger partial charge in [0.05, 0.1) is 9.52 Å². The Kier molecular flexibility index (Phi) is 9.05. The van der Waals surface area contributed by atoms with Crippen molar-refractivity contribution in [3.63, 3.8) is 0 Å². The highest BCUT2D eigenvalue weighted by Gasteiger charge is 2.12. The molecule has 2 N–H and O–H groups in total. The summed E-state index contributed by atoms with van der Waals surface area (Å²) in [6.45, 7) is 12.8. The lowest BCUT2D eigenvalue weighted by Crippen LogP contribution is -2.52. The second kappa shape index (κ2) is 9.13. The molecule has 0 heterocycles. The van der Waals surface area contributed by atoms with Crippen LogP contribution in [0.3, 0.4) is 0 Å². The van der Waals surface area contributed by atoms with Crippen LogP contribution in [0.15, 0.2) is 12.7 Å². The van der Waals surface area contributed by atoms with Crippen LogP contribution in [0.1, 0.15) is 40.5 Å². The van der Waals surface area contributed by atoms with Gasteiger partial charge in [-0.2, -0.15) is 0 Å². The van der Waals surface area contributed by atoms with Crippen LogP contribution < -0.4 is 10.6 Å². The Morgan fingerprint density at radius 1 is 1.13 bits per heavy atom. The van der Waals surface area contributed by atoms with Crippen molar-refractivity contribution in [2.75, 3.05) is 0 Å². The van der Waals surface area contributed by atoms with Crippen molar-refractivity contribution in [2.45, 2.75) is 64.5 Å². The highest BCUT2D eigenvalue weighted by atomic mass is 28.2. The van der Waals surface area contributed by atoms with Gasteiger partial charge in [0.1, 0.15) is 0 Å². The van der Waals surface area contributed by atoms with Crippen LogP contribution in [0.25, 0.3) is 0 Å². The first-order valence-corrected chi connectivity index (χ1v) is 8.08. The normalized spacial score (nSPS) is 17.9. The average Bonchev–Trinajstić information content (AvgIpc) is 2.25. The van der Waals surface area contributed by atoms with Crippen molar-refractivity contribution in [3.05, 3.63) is 12.7 Å². The van der Waals surface area contributed by atoms with Crippen LogP contribution in [-0.4, -0.2) is 27.4 Å². The largest absolute Gasteiger partial charge is 0.303 e. The van der Waals surface area contributed by atoms with Gasteiger partial charge in [0.2, 0.25) is 0 Å². The lowest BCUT2D eigenvalue weighted by atomic mass is 10.2. The van der Waals surface area contributed by atoms with E-state index in [4.69, 9.17) is 0 Å². The van der Waals surface area contributed by atoms with Crippen LogP contribution in [0.5, 0.6) is 0 Å². The predicted molar refractivity (Wildman–Crippen MR) is 73.1 cm³/mol. The van der Waals surface area contributed by atoms with Gasteiger partial charge in [-0.05, 0) is 32.7 Å². The zero-order valence-electron chi connectivity index (χ0n) is 10.8. The van der Waals surface area contributed by atoms with Gasteiger partial charge in [-0.25, -0.2) is 0 Å². The predicted octanol–water partition coefficient (Wildman–Crippen LogP) is 1.82. The molecule has 0 spiro atoms. The molecular formula is C12H28N2Si. The highest BCUT2D eigenvalue weighted by Crippen LogP contribution is 1.96. The Bertz CT molecular complexity index is 150. The van der Waals surface area contributed by atoms with Crippen LogP contribution in [-0.2, 0) is 0 Å². The minimum Gasteiger partial charge on any atom is -0.303 e. The quantitative estimate of drug-likeness (QED) is 0.357. The summed E-state index contributed by atoms with van der Waals surface area (Å²) >= 11 is 0. The molecule has 0 fully saturated rings. The first kappa shape index (κ1) is 14.9. The zero-order valence-corrected chi connectivity index (χ0v) is 12.3. The van der Waals surface area contributed by atoms with Gasteiger partial charge in [-0.1, -0.05) is 19.9 Å². The molecule has 0 aliphatic heterocycles. The molecule has 0 saturated carbocycles. The number of hydrogen-bond donors (Lipinski definition) is 2. The maximum atomic E-state index is 3.81. The van der Waals surface area contributed by atoms with Crippen LogP contribution >= 0.6 is 0 Å². The summed E-state index contributed by atoms with van der Waals surface area (Å²) < 4.78 is 0. The highest BCUT2D eigenvalue weighted by molar-refractivity contribution is 6.38. The lowest BCUT2D eigenvalue weighted by Gasteiger charge is -2.26. The molecule has 0 aromatic carbocycles. The molecule has 0 bridgehead atoms. The van der Waals surface area contributed by atoms with Crippen molar-refractivity contribution in [2.24, 2.45) is 0 Å². The van der Waals surface area contributed by atoms with E-state index in [1.54, 1.807) is 0 Å². The van der Waals surface area contributed by atoms with E-state index in [1.165, 1.54) is 18.9 Å². The molecule has 0 rings (SSSR count). The van der Waals surface area contributed by atoms with E-state index in [-0.39, 0.29) is 9.52 Å². The molecule has 0 aromatic rings. The van der Waals surface area contributed by atoms with E-state index in [2.05, 4.69) is 51.0 Å². The van der Waals surface area contributed by atoms with Gasteiger partial charge in [0, 0.05) is 17.9 Å². The fraction of sp³-hybridized carbons (Fsp3) is 0.833. The molecule has 90 valence electrons. The monoisotopic (exact) mass is 228 g/mol.